The minimum absolute atomic E-state index is 0.0124. The fraction of sp³-hybridized carbons (Fsp3) is 0.267. The van der Waals surface area contributed by atoms with E-state index in [2.05, 4.69) is 15.3 Å². The molecule has 2 aromatic rings. The summed E-state index contributed by atoms with van der Waals surface area (Å²) in [5, 5.41) is 12.7. The Bertz CT molecular complexity index is 687. The average Bonchev–Trinajstić information content (AvgIpc) is 2.47. The number of anilines is 1. The van der Waals surface area contributed by atoms with Crippen molar-refractivity contribution in [3.8, 4) is 17.1 Å². The van der Waals surface area contributed by atoms with Gasteiger partial charge in [0, 0.05) is 24.8 Å². The number of aryl methyl sites for hydroxylation is 1. The molecule has 6 heteroatoms. The first kappa shape index (κ1) is 13.4. The third-order valence-corrected chi connectivity index (χ3v) is 3.35. The topological polar surface area (TPSA) is 78.4 Å². The Kier molecular flexibility index (Phi) is 3.43. The van der Waals surface area contributed by atoms with Gasteiger partial charge < -0.3 is 15.3 Å². The van der Waals surface area contributed by atoms with Crippen molar-refractivity contribution in [3.63, 3.8) is 0 Å². The van der Waals surface area contributed by atoms with Crippen molar-refractivity contribution in [1.82, 2.24) is 15.3 Å². The number of nitrogens with zero attached hydrogens (tertiary/aromatic N) is 3. The normalized spacial score (nSPS) is 14.9. The summed E-state index contributed by atoms with van der Waals surface area (Å²) in [6.45, 7) is 3.48. The summed E-state index contributed by atoms with van der Waals surface area (Å²) >= 11 is 0. The van der Waals surface area contributed by atoms with Gasteiger partial charge in [-0.3, -0.25) is 4.79 Å². The second-order valence-corrected chi connectivity index (χ2v) is 4.98. The molecule has 2 N–H and O–H groups in total. The zero-order valence-corrected chi connectivity index (χ0v) is 11.7. The largest absolute Gasteiger partial charge is 0.507 e. The maximum Gasteiger partial charge on any atom is 0.239 e. The number of piperazine rings is 1. The van der Waals surface area contributed by atoms with Crippen molar-refractivity contribution in [3.05, 3.63) is 36.0 Å². The summed E-state index contributed by atoms with van der Waals surface area (Å²) < 4.78 is 0. The fourth-order valence-electron chi connectivity index (χ4n) is 2.33. The molecule has 0 unspecified atom stereocenters. The van der Waals surface area contributed by atoms with Gasteiger partial charge in [0.1, 0.15) is 11.6 Å². The number of aromatic nitrogens is 2. The number of phenolic OH excluding ortho intramolecular Hbond substituents is 1. The van der Waals surface area contributed by atoms with Gasteiger partial charge in [0.25, 0.3) is 0 Å². The smallest absolute Gasteiger partial charge is 0.239 e. The van der Waals surface area contributed by atoms with E-state index in [0.717, 1.165) is 5.69 Å². The van der Waals surface area contributed by atoms with Crippen LogP contribution >= 0.6 is 0 Å². The van der Waals surface area contributed by atoms with Gasteiger partial charge >= 0.3 is 0 Å². The molecule has 0 atom stereocenters. The Labute approximate surface area is 122 Å². The summed E-state index contributed by atoms with van der Waals surface area (Å²) in [5.74, 6) is 1.30. The van der Waals surface area contributed by atoms with Crippen LogP contribution in [-0.4, -0.2) is 40.6 Å². The van der Waals surface area contributed by atoms with Gasteiger partial charge in [-0.1, -0.05) is 12.1 Å². The van der Waals surface area contributed by atoms with Crippen LogP contribution in [0.25, 0.3) is 11.4 Å². The van der Waals surface area contributed by atoms with Crippen molar-refractivity contribution in [1.29, 1.82) is 0 Å². The van der Waals surface area contributed by atoms with Gasteiger partial charge in [-0.05, 0) is 19.1 Å². The molecule has 0 aliphatic carbocycles. The highest BCUT2D eigenvalue weighted by Crippen LogP contribution is 2.27. The molecular weight excluding hydrogens is 268 g/mol. The van der Waals surface area contributed by atoms with Crippen LogP contribution in [0.3, 0.4) is 0 Å². The number of phenols is 1. The predicted octanol–water partition coefficient (Wildman–Crippen LogP) is 1.09. The molecule has 1 aliphatic rings. The summed E-state index contributed by atoms with van der Waals surface area (Å²) in [5.41, 5.74) is 1.38. The molecule has 1 aromatic heterocycles. The van der Waals surface area contributed by atoms with E-state index in [0.29, 0.717) is 30.3 Å². The van der Waals surface area contributed by atoms with Gasteiger partial charge in [0.05, 0.1) is 12.1 Å². The van der Waals surface area contributed by atoms with E-state index in [1.165, 1.54) is 0 Å². The lowest BCUT2D eigenvalue weighted by atomic mass is 10.2. The maximum atomic E-state index is 11.5. The van der Waals surface area contributed by atoms with Crippen LogP contribution in [0.2, 0.25) is 0 Å². The number of hydrogen-bond acceptors (Lipinski definition) is 5. The standard InChI is InChI=1S/C15H16N4O2/c1-10-8-13(19-7-6-16-14(21)9-19)18-15(17-10)11-4-2-3-5-12(11)20/h2-5,8,20H,6-7,9H2,1H3,(H,16,21). The van der Waals surface area contributed by atoms with Crippen molar-refractivity contribution in [2.75, 3.05) is 24.5 Å². The van der Waals surface area contributed by atoms with Crippen LogP contribution in [0.15, 0.2) is 30.3 Å². The molecule has 1 saturated heterocycles. The van der Waals surface area contributed by atoms with Crippen LogP contribution in [-0.2, 0) is 4.79 Å². The molecule has 0 radical (unpaired) electrons. The van der Waals surface area contributed by atoms with Crippen LogP contribution in [0, 0.1) is 6.92 Å². The summed E-state index contributed by atoms with van der Waals surface area (Å²) in [6, 6.07) is 8.81. The summed E-state index contributed by atoms with van der Waals surface area (Å²) in [4.78, 5) is 22.3. The van der Waals surface area contributed by atoms with Gasteiger partial charge in [0.2, 0.25) is 5.91 Å². The number of carbonyl (C=O) groups is 1. The number of aromatic hydroxyl groups is 1. The molecule has 0 spiro atoms. The van der Waals surface area contributed by atoms with E-state index in [-0.39, 0.29) is 18.2 Å². The number of para-hydroxylation sites is 1. The summed E-state index contributed by atoms with van der Waals surface area (Å²) in [7, 11) is 0. The number of carbonyl (C=O) groups excluding carboxylic acids is 1. The number of benzene rings is 1. The Morgan fingerprint density at radius 2 is 2.10 bits per heavy atom. The SMILES string of the molecule is Cc1cc(N2CCNC(=O)C2)nc(-c2ccccc2O)n1. The van der Waals surface area contributed by atoms with Crippen LogP contribution < -0.4 is 10.2 Å². The lowest BCUT2D eigenvalue weighted by Gasteiger charge is -2.28. The quantitative estimate of drug-likeness (QED) is 0.863. The highest BCUT2D eigenvalue weighted by molar-refractivity contribution is 5.82. The maximum absolute atomic E-state index is 11.5. The predicted molar refractivity (Wildman–Crippen MR) is 79.1 cm³/mol. The second-order valence-electron chi connectivity index (χ2n) is 4.98. The first-order valence-corrected chi connectivity index (χ1v) is 6.79. The Morgan fingerprint density at radius 3 is 2.86 bits per heavy atom. The van der Waals surface area contributed by atoms with Crippen LogP contribution in [0.5, 0.6) is 5.75 Å². The number of nitrogens with one attached hydrogen (secondary N) is 1. The van der Waals surface area contributed by atoms with E-state index in [1.54, 1.807) is 18.2 Å². The summed E-state index contributed by atoms with van der Waals surface area (Å²) in [6.07, 6.45) is 0. The first-order valence-electron chi connectivity index (χ1n) is 6.79. The Hall–Kier alpha value is -2.63. The molecule has 0 bridgehead atoms. The van der Waals surface area contributed by atoms with Crippen molar-refractivity contribution >= 4 is 11.7 Å². The van der Waals surface area contributed by atoms with Crippen molar-refractivity contribution in [2.45, 2.75) is 6.92 Å². The van der Waals surface area contributed by atoms with Gasteiger partial charge in [-0.15, -0.1) is 0 Å². The van der Waals surface area contributed by atoms with Crippen LogP contribution in [0.4, 0.5) is 5.82 Å². The molecule has 3 rings (SSSR count). The third kappa shape index (κ3) is 2.79. The molecule has 0 saturated carbocycles. The highest BCUT2D eigenvalue weighted by atomic mass is 16.3. The van der Waals surface area contributed by atoms with Crippen LogP contribution in [0.1, 0.15) is 5.69 Å². The monoisotopic (exact) mass is 284 g/mol. The number of amides is 1. The van der Waals surface area contributed by atoms with E-state index >= 15 is 0 Å². The third-order valence-electron chi connectivity index (χ3n) is 3.35. The van der Waals surface area contributed by atoms with E-state index in [9.17, 15) is 9.90 Å². The Morgan fingerprint density at radius 1 is 1.29 bits per heavy atom. The van der Waals surface area contributed by atoms with E-state index in [1.807, 2.05) is 24.0 Å². The van der Waals surface area contributed by atoms with E-state index in [4.69, 9.17) is 0 Å². The molecule has 2 heterocycles. The van der Waals surface area contributed by atoms with Crippen molar-refractivity contribution in [2.24, 2.45) is 0 Å². The minimum Gasteiger partial charge on any atom is -0.507 e. The van der Waals surface area contributed by atoms with Gasteiger partial charge in [-0.25, -0.2) is 9.97 Å². The first-order chi connectivity index (χ1) is 10.1. The molecule has 1 aliphatic heterocycles. The molecule has 6 nitrogen and oxygen atoms in total. The molecular formula is C15H16N4O2. The number of rotatable bonds is 2. The lowest BCUT2D eigenvalue weighted by molar-refractivity contribution is -0.120. The van der Waals surface area contributed by atoms with E-state index < -0.39 is 0 Å². The van der Waals surface area contributed by atoms with Gasteiger partial charge in [-0.2, -0.15) is 0 Å². The average molecular weight is 284 g/mol. The zero-order valence-electron chi connectivity index (χ0n) is 11.7. The highest BCUT2D eigenvalue weighted by Gasteiger charge is 2.19. The molecule has 21 heavy (non-hydrogen) atoms. The minimum atomic E-state index is -0.0124. The van der Waals surface area contributed by atoms with Crippen molar-refractivity contribution < 1.29 is 9.90 Å². The molecule has 1 fully saturated rings. The molecule has 1 aromatic carbocycles. The lowest BCUT2D eigenvalue weighted by Crippen LogP contribution is -2.48. The van der Waals surface area contributed by atoms with Gasteiger partial charge in [0.15, 0.2) is 5.82 Å². The second kappa shape index (κ2) is 5.40. The molecule has 1 amide bonds. The Balaban J connectivity index is 2.00. The molecule has 108 valence electrons. The zero-order chi connectivity index (χ0) is 14.8. The number of hydrogen-bond donors (Lipinski definition) is 2. The fourth-order valence-corrected chi connectivity index (χ4v) is 2.33.